The van der Waals surface area contributed by atoms with Crippen LogP contribution in [0.15, 0.2) is 0 Å². The minimum Gasteiger partial charge on any atom is -0.275 e. The number of halogens is 3. The van der Waals surface area contributed by atoms with Gasteiger partial charge < -0.3 is 0 Å². The van der Waals surface area contributed by atoms with Crippen molar-refractivity contribution in [2.45, 2.75) is 39.8 Å². The van der Waals surface area contributed by atoms with Gasteiger partial charge in [-0.15, -0.1) is 0 Å². The summed E-state index contributed by atoms with van der Waals surface area (Å²) in [5.41, 5.74) is -0.695. The second-order valence-electron chi connectivity index (χ2n) is 4.45. The Bertz CT molecular complexity index is 271. The predicted molar refractivity (Wildman–Crippen MR) is 55.9 cm³/mol. The van der Waals surface area contributed by atoms with Crippen LogP contribution in [0.3, 0.4) is 0 Å². The average molecular weight is 259 g/mol. The van der Waals surface area contributed by atoms with Crippen LogP contribution in [0.5, 0.6) is 0 Å². The highest BCUT2D eigenvalue weighted by atomic mass is 32.2. The number of amides is 1. The Balaban J connectivity index is 3.89. The average Bonchev–Trinajstić information content (AvgIpc) is 1.99. The van der Waals surface area contributed by atoms with E-state index >= 15 is 0 Å². The molecule has 1 N–H and O–H groups in total. The molecule has 0 aliphatic carbocycles. The lowest BCUT2D eigenvalue weighted by Crippen LogP contribution is -2.37. The fourth-order valence-electron chi connectivity index (χ4n) is 0.711. The number of carbonyl (C=O) groups excluding carboxylic acids is 1. The first kappa shape index (κ1) is 15.4. The molecule has 16 heavy (non-hydrogen) atoms. The molecule has 0 saturated carbocycles. The first-order chi connectivity index (χ1) is 7.02. The fourth-order valence-corrected chi connectivity index (χ4v) is 1.73. The van der Waals surface area contributed by atoms with Crippen molar-refractivity contribution in [3.63, 3.8) is 0 Å². The summed E-state index contributed by atoms with van der Waals surface area (Å²) < 4.78 is 48.7. The maximum Gasteiger partial charge on any atom is 0.389 e. The highest BCUT2D eigenvalue weighted by molar-refractivity contribution is 7.83. The van der Waals surface area contributed by atoms with Crippen molar-refractivity contribution in [1.29, 1.82) is 0 Å². The molecule has 0 aromatic carbocycles. The van der Waals surface area contributed by atoms with Gasteiger partial charge in [0.25, 0.3) is 0 Å². The number of alkyl halides is 3. The lowest BCUT2D eigenvalue weighted by atomic mass is 9.96. The summed E-state index contributed by atoms with van der Waals surface area (Å²) >= 11 is 0. The molecule has 96 valence electrons. The van der Waals surface area contributed by atoms with Crippen LogP contribution in [0.25, 0.3) is 0 Å². The van der Waals surface area contributed by atoms with Crippen LogP contribution in [0.1, 0.15) is 33.6 Å². The van der Waals surface area contributed by atoms with E-state index < -0.39 is 34.9 Å². The van der Waals surface area contributed by atoms with Crippen molar-refractivity contribution < 1.29 is 22.2 Å². The van der Waals surface area contributed by atoms with Gasteiger partial charge >= 0.3 is 6.18 Å². The summed E-state index contributed by atoms with van der Waals surface area (Å²) in [5, 5.41) is 0. The van der Waals surface area contributed by atoms with Crippen LogP contribution < -0.4 is 4.72 Å². The molecule has 0 aromatic rings. The van der Waals surface area contributed by atoms with E-state index in [1.165, 1.54) is 0 Å². The van der Waals surface area contributed by atoms with E-state index in [4.69, 9.17) is 0 Å². The monoisotopic (exact) mass is 259 g/mol. The standard InChI is InChI=1S/C9H16F3NO2S/c1-8(2,3)7(14)13-16(15)6-4-5-9(10,11)12/h4-6H2,1-3H3,(H,13,14)/t16-/m1/s1. The minimum absolute atomic E-state index is 0.179. The molecule has 1 amide bonds. The quantitative estimate of drug-likeness (QED) is 0.841. The Kier molecular flexibility index (Phi) is 5.44. The maximum atomic E-state index is 11.8. The summed E-state index contributed by atoms with van der Waals surface area (Å²) in [7, 11) is -1.73. The first-order valence-electron chi connectivity index (χ1n) is 4.78. The van der Waals surface area contributed by atoms with E-state index in [-0.39, 0.29) is 12.2 Å². The van der Waals surface area contributed by atoms with E-state index in [0.717, 1.165) is 0 Å². The van der Waals surface area contributed by atoms with Gasteiger partial charge in [0.05, 0.1) is 0 Å². The molecule has 0 radical (unpaired) electrons. The van der Waals surface area contributed by atoms with Crippen LogP contribution >= 0.6 is 0 Å². The normalized spacial score (nSPS) is 14.6. The van der Waals surface area contributed by atoms with Crippen molar-refractivity contribution in [2.24, 2.45) is 5.41 Å². The Morgan fingerprint density at radius 2 is 1.75 bits per heavy atom. The number of carbonyl (C=O) groups is 1. The van der Waals surface area contributed by atoms with Crippen LogP contribution in [0.4, 0.5) is 13.2 Å². The first-order valence-corrected chi connectivity index (χ1v) is 6.10. The van der Waals surface area contributed by atoms with E-state index in [0.29, 0.717) is 0 Å². The lowest BCUT2D eigenvalue weighted by molar-refractivity contribution is -0.134. The van der Waals surface area contributed by atoms with Gasteiger partial charge in [-0.1, -0.05) is 20.8 Å². The number of nitrogens with one attached hydrogen (secondary N) is 1. The van der Waals surface area contributed by atoms with Gasteiger partial charge in [0, 0.05) is 17.6 Å². The predicted octanol–water partition coefficient (Wildman–Crippen LogP) is 2.15. The maximum absolute atomic E-state index is 11.8. The molecule has 0 rings (SSSR count). The fraction of sp³-hybridized carbons (Fsp3) is 0.889. The SMILES string of the molecule is CC(C)(C)C(=O)N[S@](=O)CCCC(F)(F)F. The Morgan fingerprint density at radius 3 is 2.12 bits per heavy atom. The van der Waals surface area contributed by atoms with Crippen molar-refractivity contribution >= 4 is 16.9 Å². The van der Waals surface area contributed by atoms with Gasteiger partial charge in [0.15, 0.2) is 0 Å². The Hall–Kier alpha value is -0.590. The molecule has 0 aliphatic heterocycles. The zero-order valence-electron chi connectivity index (χ0n) is 9.48. The molecule has 0 spiro atoms. The van der Waals surface area contributed by atoms with Gasteiger partial charge in [-0.2, -0.15) is 13.2 Å². The van der Waals surface area contributed by atoms with Crippen LogP contribution in [-0.4, -0.2) is 22.0 Å². The van der Waals surface area contributed by atoms with E-state index in [1.54, 1.807) is 20.8 Å². The zero-order valence-corrected chi connectivity index (χ0v) is 10.3. The van der Waals surface area contributed by atoms with E-state index in [1.807, 2.05) is 0 Å². The molecular formula is C9H16F3NO2S. The molecule has 0 saturated heterocycles. The summed E-state index contributed by atoms with van der Waals surface area (Å²) in [6.45, 7) is 4.90. The van der Waals surface area contributed by atoms with Crippen molar-refractivity contribution in [3.8, 4) is 0 Å². The molecule has 0 fully saturated rings. The lowest BCUT2D eigenvalue weighted by Gasteiger charge is -2.17. The molecule has 0 heterocycles. The smallest absolute Gasteiger partial charge is 0.275 e. The number of hydrogen-bond donors (Lipinski definition) is 1. The van der Waals surface area contributed by atoms with Crippen LogP contribution in [0.2, 0.25) is 0 Å². The molecule has 3 nitrogen and oxygen atoms in total. The third-order valence-electron chi connectivity index (χ3n) is 1.68. The molecular weight excluding hydrogens is 243 g/mol. The molecule has 0 aromatic heterocycles. The largest absolute Gasteiger partial charge is 0.389 e. The minimum atomic E-state index is -4.24. The summed E-state index contributed by atoms with van der Waals surface area (Å²) in [6, 6.07) is 0. The van der Waals surface area contributed by atoms with Crippen molar-refractivity contribution in [3.05, 3.63) is 0 Å². The van der Waals surface area contributed by atoms with Gasteiger partial charge in [0.2, 0.25) is 5.91 Å². The summed E-state index contributed by atoms with van der Waals surface area (Å²) in [5.74, 6) is -0.612. The molecule has 1 atom stereocenters. The Morgan fingerprint density at radius 1 is 1.25 bits per heavy atom. The summed E-state index contributed by atoms with van der Waals surface area (Å²) in [4.78, 5) is 11.3. The third kappa shape index (κ3) is 7.67. The van der Waals surface area contributed by atoms with E-state index in [9.17, 15) is 22.2 Å². The Labute approximate surface area is 95.4 Å². The number of rotatable bonds is 4. The van der Waals surface area contributed by atoms with Crippen LogP contribution in [0, 0.1) is 5.41 Å². The topological polar surface area (TPSA) is 46.2 Å². The molecule has 7 heteroatoms. The third-order valence-corrected chi connectivity index (χ3v) is 2.75. The molecule has 0 unspecified atom stereocenters. The second kappa shape index (κ2) is 5.65. The van der Waals surface area contributed by atoms with Gasteiger partial charge in [0.1, 0.15) is 11.0 Å². The number of hydrogen-bond acceptors (Lipinski definition) is 2. The van der Waals surface area contributed by atoms with Gasteiger partial charge in [-0.3, -0.25) is 9.52 Å². The zero-order chi connectivity index (χ0) is 13.0. The van der Waals surface area contributed by atoms with Gasteiger partial charge in [-0.25, -0.2) is 4.21 Å². The highest BCUT2D eigenvalue weighted by Gasteiger charge is 2.27. The molecule has 0 bridgehead atoms. The van der Waals surface area contributed by atoms with Crippen LogP contribution in [-0.2, 0) is 15.8 Å². The second-order valence-corrected chi connectivity index (χ2v) is 5.75. The van der Waals surface area contributed by atoms with E-state index in [2.05, 4.69) is 4.72 Å². The summed E-state index contributed by atoms with van der Waals surface area (Å²) in [6.07, 6.45) is -5.47. The van der Waals surface area contributed by atoms with Gasteiger partial charge in [-0.05, 0) is 6.42 Å². The van der Waals surface area contributed by atoms with Crippen molar-refractivity contribution in [2.75, 3.05) is 5.75 Å². The highest BCUT2D eigenvalue weighted by Crippen LogP contribution is 2.21. The van der Waals surface area contributed by atoms with Crippen molar-refractivity contribution in [1.82, 2.24) is 4.72 Å². The molecule has 0 aliphatic rings.